The van der Waals surface area contributed by atoms with Crippen molar-refractivity contribution >= 4 is 5.91 Å². The molecule has 0 spiro atoms. The van der Waals surface area contributed by atoms with Gasteiger partial charge >= 0.3 is 0 Å². The fourth-order valence-electron chi connectivity index (χ4n) is 3.43. The Labute approximate surface area is 144 Å². The molecule has 126 valence electrons. The van der Waals surface area contributed by atoms with Gasteiger partial charge in [0.1, 0.15) is 0 Å². The van der Waals surface area contributed by atoms with E-state index in [4.69, 9.17) is 0 Å². The highest BCUT2D eigenvalue weighted by atomic mass is 16.2. The van der Waals surface area contributed by atoms with E-state index in [9.17, 15) is 4.79 Å². The van der Waals surface area contributed by atoms with Gasteiger partial charge in [-0.3, -0.25) is 4.79 Å². The molecule has 1 saturated heterocycles. The SMILES string of the molecule is O=C(NCCC(c1ccccc1)c1ccccc1)C1CCCCN1. The summed E-state index contributed by atoms with van der Waals surface area (Å²) in [5, 5.41) is 6.43. The van der Waals surface area contributed by atoms with Crippen molar-refractivity contribution < 1.29 is 4.79 Å². The number of amides is 1. The molecule has 1 heterocycles. The number of hydrogen-bond acceptors (Lipinski definition) is 2. The van der Waals surface area contributed by atoms with E-state index in [2.05, 4.69) is 59.2 Å². The average Bonchev–Trinajstić information content (AvgIpc) is 2.67. The minimum atomic E-state index is -0.00866. The van der Waals surface area contributed by atoms with Crippen molar-refractivity contribution in [2.45, 2.75) is 37.6 Å². The van der Waals surface area contributed by atoms with Crippen molar-refractivity contribution in [2.75, 3.05) is 13.1 Å². The number of carbonyl (C=O) groups excluding carboxylic acids is 1. The molecule has 3 rings (SSSR count). The van der Waals surface area contributed by atoms with E-state index in [1.165, 1.54) is 17.5 Å². The maximum Gasteiger partial charge on any atom is 0.237 e. The Balaban J connectivity index is 1.61. The third-order valence-electron chi connectivity index (χ3n) is 4.76. The highest BCUT2D eigenvalue weighted by Gasteiger charge is 2.20. The summed E-state index contributed by atoms with van der Waals surface area (Å²) in [5.41, 5.74) is 2.60. The molecule has 1 amide bonds. The van der Waals surface area contributed by atoms with Gasteiger partial charge in [0.15, 0.2) is 0 Å². The lowest BCUT2D eigenvalue weighted by atomic mass is 9.88. The molecule has 3 heteroatoms. The Bertz CT molecular complexity index is 581. The molecule has 24 heavy (non-hydrogen) atoms. The van der Waals surface area contributed by atoms with Crippen LogP contribution in [0.3, 0.4) is 0 Å². The maximum atomic E-state index is 12.3. The predicted octanol–water partition coefficient (Wildman–Crippen LogP) is 3.47. The molecule has 0 aliphatic carbocycles. The summed E-state index contributed by atoms with van der Waals surface area (Å²) in [6.45, 7) is 1.65. The minimum Gasteiger partial charge on any atom is -0.355 e. The van der Waals surface area contributed by atoms with Gasteiger partial charge in [-0.1, -0.05) is 67.1 Å². The van der Waals surface area contributed by atoms with E-state index in [1.807, 2.05) is 12.1 Å². The van der Waals surface area contributed by atoms with Crippen molar-refractivity contribution in [1.82, 2.24) is 10.6 Å². The Hall–Kier alpha value is -2.13. The van der Waals surface area contributed by atoms with Gasteiger partial charge in [-0.15, -0.1) is 0 Å². The molecule has 0 radical (unpaired) electrons. The quantitative estimate of drug-likeness (QED) is 0.855. The van der Waals surface area contributed by atoms with Crippen LogP contribution in [0.1, 0.15) is 42.7 Å². The molecular weight excluding hydrogens is 296 g/mol. The molecule has 1 fully saturated rings. The van der Waals surface area contributed by atoms with Gasteiger partial charge in [-0.2, -0.15) is 0 Å². The van der Waals surface area contributed by atoms with Crippen LogP contribution in [0.25, 0.3) is 0 Å². The number of piperidine rings is 1. The highest BCUT2D eigenvalue weighted by Crippen LogP contribution is 2.27. The molecule has 2 aromatic rings. The van der Waals surface area contributed by atoms with Crippen molar-refractivity contribution in [3.8, 4) is 0 Å². The number of carbonyl (C=O) groups is 1. The van der Waals surface area contributed by atoms with Crippen molar-refractivity contribution in [3.05, 3.63) is 71.8 Å². The Morgan fingerprint density at radius 2 is 1.62 bits per heavy atom. The summed E-state index contributed by atoms with van der Waals surface area (Å²) in [4.78, 5) is 12.3. The van der Waals surface area contributed by atoms with Gasteiger partial charge in [0.2, 0.25) is 5.91 Å². The van der Waals surface area contributed by atoms with Crippen LogP contribution in [-0.4, -0.2) is 25.0 Å². The lowest BCUT2D eigenvalue weighted by molar-refractivity contribution is -0.123. The van der Waals surface area contributed by atoms with Crippen LogP contribution in [0, 0.1) is 0 Å². The first-order valence-corrected chi connectivity index (χ1v) is 8.95. The van der Waals surface area contributed by atoms with E-state index in [0.717, 1.165) is 25.8 Å². The largest absolute Gasteiger partial charge is 0.355 e. The Morgan fingerprint density at radius 3 is 2.17 bits per heavy atom. The molecule has 1 aliphatic heterocycles. The summed E-state index contributed by atoms with van der Waals surface area (Å²) in [6.07, 6.45) is 4.18. The van der Waals surface area contributed by atoms with Crippen LogP contribution in [0.15, 0.2) is 60.7 Å². The van der Waals surface area contributed by atoms with Gasteiger partial charge in [0.25, 0.3) is 0 Å². The highest BCUT2D eigenvalue weighted by molar-refractivity contribution is 5.81. The first-order chi connectivity index (χ1) is 11.8. The summed E-state index contributed by atoms with van der Waals surface area (Å²) in [7, 11) is 0. The molecule has 1 atom stereocenters. The second-order valence-electron chi connectivity index (χ2n) is 6.46. The van der Waals surface area contributed by atoms with Crippen LogP contribution < -0.4 is 10.6 Å². The normalized spacial score (nSPS) is 17.6. The number of nitrogens with one attached hydrogen (secondary N) is 2. The van der Waals surface area contributed by atoms with Crippen LogP contribution in [-0.2, 0) is 4.79 Å². The van der Waals surface area contributed by atoms with E-state index >= 15 is 0 Å². The third-order valence-corrected chi connectivity index (χ3v) is 4.76. The predicted molar refractivity (Wildman–Crippen MR) is 98.0 cm³/mol. The van der Waals surface area contributed by atoms with E-state index < -0.39 is 0 Å². The zero-order valence-corrected chi connectivity index (χ0v) is 14.1. The topological polar surface area (TPSA) is 41.1 Å². The van der Waals surface area contributed by atoms with Gasteiger partial charge in [0, 0.05) is 12.5 Å². The van der Waals surface area contributed by atoms with Gasteiger partial charge < -0.3 is 10.6 Å². The summed E-state index contributed by atoms with van der Waals surface area (Å²) < 4.78 is 0. The maximum absolute atomic E-state index is 12.3. The molecule has 1 aliphatic rings. The molecule has 3 nitrogen and oxygen atoms in total. The van der Waals surface area contributed by atoms with Crippen molar-refractivity contribution in [2.24, 2.45) is 0 Å². The molecule has 0 bridgehead atoms. The molecule has 0 saturated carbocycles. The van der Waals surface area contributed by atoms with E-state index in [1.54, 1.807) is 0 Å². The third kappa shape index (κ3) is 4.45. The van der Waals surface area contributed by atoms with Gasteiger partial charge in [-0.05, 0) is 36.9 Å². The van der Waals surface area contributed by atoms with Crippen molar-refractivity contribution in [3.63, 3.8) is 0 Å². The second kappa shape index (κ2) is 8.65. The molecule has 2 N–H and O–H groups in total. The van der Waals surface area contributed by atoms with Crippen LogP contribution in [0.4, 0.5) is 0 Å². The lowest BCUT2D eigenvalue weighted by Gasteiger charge is -2.23. The molecule has 0 aromatic heterocycles. The molecule has 1 unspecified atom stereocenters. The zero-order valence-electron chi connectivity index (χ0n) is 14.1. The van der Waals surface area contributed by atoms with Gasteiger partial charge in [-0.25, -0.2) is 0 Å². The van der Waals surface area contributed by atoms with Crippen LogP contribution in [0.2, 0.25) is 0 Å². The smallest absolute Gasteiger partial charge is 0.237 e. The monoisotopic (exact) mass is 322 g/mol. The van der Waals surface area contributed by atoms with Crippen molar-refractivity contribution in [1.29, 1.82) is 0 Å². The first-order valence-electron chi connectivity index (χ1n) is 8.95. The summed E-state index contributed by atoms with van der Waals surface area (Å²) in [6, 6.07) is 21.1. The minimum absolute atomic E-state index is 0.00866. The number of benzene rings is 2. The fourth-order valence-corrected chi connectivity index (χ4v) is 3.43. The number of hydrogen-bond donors (Lipinski definition) is 2. The van der Waals surface area contributed by atoms with Crippen LogP contribution in [0.5, 0.6) is 0 Å². The molecular formula is C21H26N2O. The summed E-state index contributed by atoms with van der Waals surface area (Å²) >= 11 is 0. The van der Waals surface area contributed by atoms with Crippen LogP contribution >= 0.6 is 0 Å². The average molecular weight is 322 g/mol. The first kappa shape index (κ1) is 16.7. The standard InChI is InChI=1S/C21H26N2O/c24-21(20-13-7-8-15-22-20)23-16-14-19(17-9-3-1-4-10-17)18-11-5-2-6-12-18/h1-6,9-12,19-20,22H,7-8,13-16H2,(H,23,24). The zero-order chi connectivity index (χ0) is 16.6. The second-order valence-corrected chi connectivity index (χ2v) is 6.46. The molecule has 2 aromatic carbocycles. The lowest BCUT2D eigenvalue weighted by Crippen LogP contribution is -2.46. The Morgan fingerprint density at radius 1 is 1.00 bits per heavy atom. The number of rotatable bonds is 6. The van der Waals surface area contributed by atoms with E-state index in [0.29, 0.717) is 12.5 Å². The van der Waals surface area contributed by atoms with Gasteiger partial charge in [0.05, 0.1) is 6.04 Å². The summed E-state index contributed by atoms with van der Waals surface area (Å²) in [5.74, 6) is 0.460. The fraction of sp³-hybridized carbons (Fsp3) is 0.381. The van der Waals surface area contributed by atoms with E-state index in [-0.39, 0.29) is 11.9 Å². The Kier molecular flexibility index (Phi) is 6.02.